The van der Waals surface area contributed by atoms with E-state index in [0.29, 0.717) is 12.6 Å². The van der Waals surface area contributed by atoms with Crippen LogP contribution in [0, 0.1) is 0 Å². The van der Waals surface area contributed by atoms with Gasteiger partial charge in [0.2, 0.25) is 5.91 Å². The molecule has 1 aliphatic carbocycles. The Kier molecular flexibility index (Phi) is 4.15. The van der Waals surface area contributed by atoms with Crippen LogP contribution < -0.4 is 10.6 Å². The van der Waals surface area contributed by atoms with Gasteiger partial charge >= 0.3 is 0 Å². The first-order chi connectivity index (χ1) is 10.6. The second-order valence-electron chi connectivity index (χ2n) is 5.70. The quantitative estimate of drug-likeness (QED) is 0.850. The molecule has 1 fully saturated rings. The average Bonchev–Trinajstić information content (AvgIpc) is 3.21. The van der Waals surface area contributed by atoms with Crippen molar-refractivity contribution in [1.82, 2.24) is 25.5 Å². The standard InChI is InChI=1S/C15H20N6O/c1-10(15-18-19-20-21(15)14-6-7-14)16-9-12-4-3-5-13(8-12)17-11(2)22/h3-5,8,10,14,16H,6-7,9H2,1-2H3,(H,17,22)/t10-/m0/s1. The summed E-state index contributed by atoms with van der Waals surface area (Å²) in [5.41, 5.74) is 1.91. The van der Waals surface area contributed by atoms with Crippen LogP contribution in [0.4, 0.5) is 5.69 Å². The summed E-state index contributed by atoms with van der Waals surface area (Å²) in [6, 6.07) is 8.33. The van der Waals surface area contributed by atoms with E-state index in [-0.39, 0.29) is 11.9 Å². The molecule has 2 N–H and O–H groups in total. The molecular weight excluding hydrogens is 280 g/mol. The molecule has 0 spiro atoms. The minimum Gasteiger partial charge on any atom is -0.326 e. The van der Waals surface area contributed by atoms with Crippen LogP contribution in [0.25, 0.3) is 0 Å². The molecule has 0 radical (unpaired) electrons. The molecule has 0 saturated heterocycles. The van der Waals surface area contributed by atoms with Gasteiger partial charge in [-0.25, -0.2) is 4.68 Å². The van der Waals surface area contributed by atoms with Crippen LogP contribution in [-0.2, 0) is 11.3 Å². The summed E-state index contributed by atoms with van der Waals surface area (Å²) in [6.45, 7) is 4.25. The minimum atomic E-state index is -0.0675. The van der Waals surface area contributed by atoms with Crippen molar-refractivity contribution in [3.8, 4) is 0 Å². The van der Waals surface area contributed by atoms with Gasteiger partial charge in [-0.1, -0.05) is 12.1 Å². The van der Waals surface area contributed by atoms with Crippen molar-refractivity contribution >= 4 is 11.6 Å². The minimum absolute atomic E-state index is 0.0675. The van der Waals surface area contributed by atoms with E-state index < -0.39 is 0 Å². The summed E-state index contributed by atoms with van der Waals surface area (Å²) in [6.07, 6.45) is 2.31. The van der Waals surface area contributed by atoms with Crippen molar-refractivity contribution < 1.29 is 4.79 Å². The topological polar surface area (TPSA) is 84.7 Å². The average molecular weight is 300 g/mol. The molecule has 0 aliphatic heterocycles. The molecule has 0 unspecified atom stereocenters. The van der Waals surface area contributed by atoms with Crippen LogP contribution in [0.5, 0.6) is 0 Å². The Morgan fingerprint density at radius 2 is 2.27 bits per heavy atom. The van der Waals surface area contributed by atoms with Crippen LogP contribution in [0.2, 0.25) is 0 Å². The molecular formula is C15H20N6O. The van der Waals surface area contributed by atoms with Crippen molar-refractivity contribution in [1.29, 1.82) is 0 Å². The number of nitrogens with zero attached hydrogens (tertiary/aromatic N) is 4. The van der Waals surface area contributed by atoms with Crippen molar-refractivity contribution in [2.75, 3.05) is 5.32 Å². The van der Waals surface area contributed by atoms with E-state index in [1.165, 1.54) is 6.92 Å². The summed E-state index contributed by atoms with van der Waals surface area (Å²) in [5, 5.41) is 18.2. The van der Waals surface area contributed by atoms with Crippen molar-refractivity contribution in [2.24, 2.45) is 0 Å². The Morgan fingerprint density at radius 1 is 1.45 bits per heavy atom. The molecule has 1 heterocycles. The van der Waals surface area contributed by atoms with Crippen molar-refractivity contribution in [3.63, 3.8) is 0 Å². The number of aromatic nitrogens is 4. The number of rotatable bonds is 6. The van der Waals surface area contributed by atoms with E-state index in [0.717, 1.165) is 29.9 Å². The van der Waals surface area contributed by atoms with Gasteiger partial charge in [0.1, 0.15) is 0 Å². The summed E-state index contributed by atoms with van der Waals surface area (Å²) < 4.78 is 1.92. The van der Waals surface area contributed by atoms with Gasteiger partial charge in [0.15, 0.2) is 5.82 Å². The third kappa shape index (κ3) is 3.48. The molecule has 116 valence electrons. The molecule has 1 atom stereocenters. The fourth-order valence-corrected chi connectivity index (χ4v) is 2.39. The first-order valence-electron chi connectivity index (χ1n) is 7.51. The van der Waals surface area contributed by atoms with Crippen LogP contribution >= 0.6 is 0 Å². The van der Waals surface area contributed by atoms with Crippen LogP contribution in [0.1, 0.15) is 50.2 Å². The Labute approximate surface area is 129 Å². The highest BCUT2D eigenvalue weighted by Gasteiger charge is 2.29. The monoisotopic (exact) mass is 300 g/mol. The molecule has 22 heavy (non-hydrogen) atoms. The Hall–Kier alpha value is -2.28. The van der Waals surface area contributed by atoms with E-state index >= 15 is 0 Å². The highest BCUT2D eigenvalue weighted by Crippen LogP contribution is 2.35. The van der Waals surface area contributed by atoms with Gasteiger partial charge in [0, 0.05) is 19.2 Å². The van der Waals surface area contributed by atoms with Gasteiger partial charge in [-0.2, -0.15) is 0 Å². The maximum Gasteiger partial charge on any atom is 0.221 e. The first-order valence-corrected chi connectivity index (χ1v) is 7.51. The second-order valence-corrected chi connectivity index (χ2v) is 5.70. The molecule has 2 aromatic rings. The SMILES string of the molecule is CC(=O)Nc1cccc(CN[C@@H](C)c2nnnn2C2CC2)c1. The summed E-state index contributed by atoms with van der Waals surface area (Å²) in [7, 11) is 0. The molecule has 0 bridgehead atoms. The predicted molar refractivity (Wildman–Crippen MR) is 82.1 cm³/mol. The number of carbonyl (C=O) groups excluding carboxylic acids is 1. The molecule has 1 aromatic heterocycles. The Morgan fingerprint density at radius 3 is 3.00 bits per heavy atom. The zero-order valence-corrected chi connectivity index (χ0v) is 12.8. The number of tetrazole rings is 1. The molecule has 7 nitrogen and oxygen atoms in total. The fraction of sp³-hybridized carbons (Fsp3) is 0.467. The lowest BCUT2D eigenvalue weighted by Gasteiger charge is -2.14. The molecule has 1 amide bonds. The van der Waals surface area contributed by atoms with E-state index in [2.05, 4.69) is 33.1 Å². The predicted octanol–water partition coefficient (Wildman–Crippen LogP) is 1.82. The first kappa shape index (κ1) is 14.6. The number of benzene rings is 1. The lowest BCUT2D eigenvalue weighted by molar-refractivity contribution is -0.114. The molecule has 7 heteroatoms. The number of hydrogen-bond donors (Lipinski definition) is 2. The van der Waals surface area contributed by atoms with Gasteiger partial charge in [-0.3, -0.25) is 4.79 Å². The van der Waals surface area contributed by atoms with E-state index in [9.17, 15) is 4.79 Å². The number of amides is 1. The van der Waals surface area contributed by atoms with E-state index in [1.807, 2.05) is 28.9 Å². The highest BCUT2D eigenvalue weighted by molar-refractivity contribution is 5.88. The number of carbonyl (C=O) groups is 1. The smallest absolute Gasteiger partial charge is 0.221 e. The number of nitrogens with one attached hydrogen (secondary N) is 2. The maximum absolute atomic E-state index is 11.1. The lowest BCUT2D eigenvalue weighted by Crippen LogP contribution is -2.22. The summed E-state index contributed by atoms with van der Waals surface area (Å²) >= 11 is 0. The zero-order chi connectivity index (χ0) is 15.5. The normalized spacial score (nSPS) is 15.5. The van der Waals surface area contributed by atoms with E-state index in [4.69, 9.17) is 0 Å². The molecule has 1 aliphatic rings. The van der Waals surface area contributed by atoms with Crippen LogP contribution in [0.15, 0.2) is 24.3 Å². The van der Waals surface area contributed by atoms with Gasteiger partial charge in [-0.05, 0) is 47.9 Å². The molecule has 1 saturated carbocycles. The van der Waals surface area contributed by atoms with Crippen molar-refractivity contribution in [3.05, 3.63) is 35.7 Å². The lowest BCUT2D eigenvalue weighted by atomic mass is 10.2. The van der Waals surface area contributed by atoms with Gasteiger partial charge in [0.05, 0.1) is 12.1 Å². The fourth-order valence-electron chi connectivity index (χ4n) is 2.39. The van der Waals surface area contributed by atoms with Crippen LogP contribution in [0.3, 0.4) is 0 Å². The Bertz CT molecular complexity index is 664. The van der Waals surface area contributed by atoms with E-state index in [1.54, 1.807) is 0 Å². The third-order valence-corrected chi connectivity index (χ3v) is 3.66. The van der Waals surface area contributed by atoms with Crippen molar-refractivity contribution in [2.45, 2.75) is 45.3 Å². The zero-order valence-electron chi connectivity index (χ0n) is 12.8. The number of anilines is 1. The summed E-state index contributed by atoms with van der Waals surface area (Å²) in [4.78, 5) is 11.1. The van der Waals surface area contributed by atoms with Gasteiger partial charge < -0.3 is 10.6 Å². The largest absolute Gasteiger partial charge is 0.326 e. The molecule has 1 aromatic carbocycles. The number of hydrogen-bond acceptors (Lipinski definition) is 5. The summed E-state index contributed by atoms with van der Waals surface area (Å²) in [5.74, 6) is 0.808. The Balaban J connectivity index is 1.62. The van der Waals surface area contributed by atoms with Crippen LogP contribution in [-0.4, -0.2) is 26.1 Å². The second kappa shape index (κ2) is 6.23. The highest BCUT2D eigenvalue weighted by atomic mass is 16.1. The molecule has 3 rings (SSSR count). The van der Waals surface area contributed by atoms with Gasteiger partial charge in [-0.15, -0.1) is 5.10 Å². The maximum atomic E-state index is 11.1. The van der Waals surface area contributed by atoms with Gasteiger partial charge in [0.25, 0.3) is 0 Å². The third-order valence-electron chi connectivity index (χ3n) is 3.66.